The van der Waals surface area contributed by atoms with Crippen LogP contribution in [0, 0.1) is 5.82 Å². The zero-order chi connectivity index (χ0) is 9.97. The van der Waals surface area contributed by atoms with Crippen LogP contribution in [0.25, 0.3) is 11.1 Å². The summed E-state index contributed by atoms with van der Waals surface area (Å²) in [5.74, 6) is -0.388. The molecule has 1 heterocycles. The first-order valence-electron chi connectivity index (χ1n) is 4.23. The number of anilines is 1. The van der Waals surface area contributed by atoms with E-state index in [-0.39, 0.29) is 11.5 Å². The molecule has 2 N–H and O–H groups in total. The second-order valence-corrected chi connectivity index (χ2v) is 2.95. The first-order valence-corrected chi connectivity index (χ1v) is 4.23. The number of pyridine rings is 1. The molecule has 0 aliphatic carbocycles. The van der Waals surface area contributed by atoms with Gasteiger partial charge in [-0.3, -0.25) is 4.98 Å². The summed E-state index contributed by atoms with van der Waals surface area (Å²) in [6.45, 7) is 0. The van der Waals surface area contributed by atoms with Crippen molar-refractivity contribution < 1.29 is 4.39 Å². The Morgan fingerprint density at radius 1 is 1.14 bits per heavy atom. The van der Waals surface area contributed by atoms with Gasteiger partial charge in [0.15, 0.2) is 5.82 Å². The van der Waals surface area contributed by atoms with E-state index >= 15 is 0 Å². The van der Waals surface area contributed by atoms with Gasteiger partial charge in [0.2, 0.25) is 0 Å². The van der Waals surface area contributed by atoms with E-state index in [9.17, 15) is 4.39 Å². The van der Waals surface area contributed by atoms with Crippen molar-refractivity contribution in [3.63, 3.8) is 0 Å². The molecule has 1 aromatic carbocycles. The van der Waals surface area contributed by atoms with Gasteiger partial charge in [-0.1, -0.05) is 18.2 Å². The van der Waals surface area contributed by atoms with E-state index in [1.54, 1.807) is 36.7 Å². The molecule has 2 rings (SSSR count). The zero-order valence-electron chi connectivity index (χ0n) is 7.44. The largest absolute Gasteiger partial charge is 0.396 e. The molecule has 0 bridgehead atoms. The van der Waals surface area contributed by atoms with Gasteiger partial charge in [-0.15, -0.1) is 0 Å². The predicted molar refractivity (Wildman–Crippen MR) is 54.0 cm³/mol. The molecule has 70 valence electrons. The Hall–Kier alpha value is -1.90. The van der Waals surface area contributed by atoms with Crippen LogP contribution in [-0.4, -0.2) is 4.98 Å². The Kier molecular flexibility index (Phi) is 2.14. The maximum absolute atomic E-state index is 13.5. The van der Waals surface area contributed by atoms with E-state index in [4.69, 9.17) is 5.73 Å². The summed E-state index contributed by atoms with van der Waals surface area (Å²) in [6, 6.07) is 8.50. The van der Waals surface area contributed by atoms with Gasteiger partial charge in [0, 0.05) is 23.5 Å². The highest BCUT2D eigenvalue weighted by atomic mass is 19.1. The number of rotatable bonds is 1. The molecular weight excluding hydrogens is 179 g/mol. The summed E-state index contributed by atoms with van der Waals surface area (Å²) >= 11 is 0. The molecule has 2 aromatic rings. The summed E-state index contributed by atoms with van der Waals surface area (Å²) in [5.41, 5.74) is 6.84. The summed E-state index contributed by atoms with van der Waals surface area (Å²) in [5, 5.41) is 0. The van der Waals surface area contributed by atoms with Crippen molar-refractivity contribution in [3.05, 3.63) is 48.5 Å². The lowest BCUT2D eigenvalue weighted by Crippen LogP contribution is -1.92. The topological polar surface area (TPSA) is 38.9 Å². The van der Waals surface area contributed by atoms with Crippen LogP contribution in [0.5, 0.6) is 0 Å². The summed E-state index contributed by atoms with van der Waals surface area (Å²) in [4.78, 5) is 3.92. The van der Waals surface area contributed by atoms with Gasteiger partial charge in [0.25, 0.3) is 0 Å². The van der Waals surface area contributed by atoms with Gasteiger partial charge in [-0.05, 0) is 12.1 Å². The van der Waals surface area contributed by atoms with Crippen molar-refractivity contribution in [2.24, 2.45) is 0 Å². The molecule has 14 heavy (non-hydrogen) atoms. The molecular formula is C11H9FN2. The van der Waals surface area contributed by atoms with Gasteiger partial charge in [-0.25, -0.2) is 4.39 Å². The summed E-state index contributed by atoms with van der Waals surface area (Å²) in [6.07, 6.45) is 3.26. The van der Waals surface area contributed by atoms with Crippen molar-refractivity contribution in [1.82, 2.24) is 4.98 Å². The van der Waals surface area contributed by atoms with Crippen molar-refractivity contribution >= 4 is 5.69 Å². The molecule has 0 unspecified atom stereocenters. The highest BCUT2D eigenvalue weighted by Crippen LogP contribution is 2.24. The van der Waals surface area contributed by atoms with Crippen LogP contribution >= 0.6 is 0 Å². The Morgan fingerprint density at radius 3 is 2.71 bits per heavy atom. The molecule has 0 aliphatic heterocycles. The van der Waals surface area contributed by atoms with E-state index in [1.165, 1.54) is 6.07 Å². The van der Waals surface area contributed by atoms with Crippen molar-refractivity contribution in [2.75, 3.05) is 5.73 Å². The minimum absolute atomic E-state index is 0.159. The van der Waals surface area contributed by atoms with Crippen molar-refractivity contribution in [3.8, 4) is 11.1 Å². The average Bonchev–Trinajstić information content (AvgIpc) is 2.23. The Bertz CT molecular complexity index is 440. The second-order valence-electron chi connectivity index (χ2n) is 2.95. The van der Waals surface area contributed by atoms with Crippen LogP contribution < -0.4 is 5.73 Å². The number of nitrogens with zero attached hydrogens (tertiary/aromatic N) is 1. The van der Waals surface area contributed by atoms with Crippen LogP contribution in [0.15, 0.2) is 42.7 Å². The Morgan fingerprint density at radius 2 is 2.00 bits per heavy atom. The van der Waals surface area contributed by atoms with E-state index in [1.807, 2.05) is 0 Å². The van der Waals surface area contributed by atoms with E-state index < -0.39 is 0 Å². The standard InChI is InChI=1S/C11H9FN2/c12-11-9(4-1-5-10(11)13)8-3-2-6-14-7-8/h1-7H,13H2. The monoisotopic (exact) mass is 188 g/mol. The van der Waals surface area contributed by atoms with Gasteiger partial charge in [0.05, 0.1) is 5.69 Å². The molecule has 0 amide bonds. The number of benzene rings is 1. The number of nitrogens with two attached hydrogens (primary N) is 1. The Labute approximate surface area is 81.2 Å². The number of hydrogen-bond acceptors (Lipinski definition) is 2. The lowest BCUT2D eigenvalue weighted by Gasteiger charge is -2.04. The highest BCUT2D eigenvalue weighted by Gasteiger charge is 2.06. The summed E-state index contributed by atoms with van der Waals surface area (Å²) in [7, 11) is 0. The third kappa shape index (κ3) is 1.44. The molecule has 2 nitrogen and oxygen atoms in total. The van der Waals surface area contributed by atoms with Crippen LogP contribution in [0.1, 0.15) is 0 Å². The quantitative estimate of drug-likeness (QED) is 0.698. The van der Waals surface area contributed by atoms with Crippen molar-refractivity contribution in [1.29, 1.82) is 0 Å². The second kappa shape index (κ2) is 3.46. The van der Waals surface area contributed by atoms with Gasteiger partial charge in [-0.2, -0.15) is 0 Å². The first-order chi connectivity index (χ1) is 6.79. The lowest BCUT2D eigenvalue weighted by molar-refractivity contribution is 0.636. The number of halogens is 1. The van der Waals surface area contributed by atoms with E-state index in [0.717, 1.165) is 5.56 Å². The van der Waals surface area contributed by atoms with Crippen LogP contribution in [0.2, 0.25) is 0 Å². The molecule has 0 fully saturated rings. The molecule has 0 saturated carbocycles. The minimum atomic E-state index is -0.388. The zero-order valence-corrected chi connectivity index (χ0v) is 7.44. The van der Waals surface area contributed by atoms with Gasteiger partial charge in [0.1, 0.15) is 0 Å². The number of aromatic nitrogens is 1. The fourth-order valence-electron chi connectivity index (χ4n) is 1.29. The molecule has 0 saturated heterocycles. The minimum Gasteiger partial charge on any atom is -0.396 e. The smallest absolute Gasteiger partial charge is 0.153 e. The van der Waals surface area contributed by atoms with E-state index in [2.05, 4.69) is 4.98 Å². The van der Waals surface area contributed by atoms with Crippen molar-refractivity contribution in [2.45, 2.75) is 0 Å². The first kappa shape index (κ1) is 8.69. The van der Waals surface area contributed by atoms with Crippen LogP contribution in [0.4, 0.5) is 10.1 Å². The fourth-order valence-corrected chi connectivity index (χ4v) is 1.29. The summed E-state index contributed by atoms with van der Waals surface area (Å²) < 4.78 is 13.5. The third-order valence-electron chi connectivity index (χ3n) is 2.00. The molecule has 0 spiro atoms. The van der Waals surface area contributed by atoms with Crippen LogP contribution in [0.3, 0.4) is 0 Å². The molecule has 1 aromatic heterocycles. The molecule has 0 radical (unpaired) electrons. The maximum Gasteiger partial charge on any atom is 0.153 e. The number of hydrogen-bond donors (Lipinski definition) is 1. The normalized spacial score (nSPS) is 10.1. The fraction of sp³-hybridized carbons (Fsp3) is 0. The van der Waals surface area contributed by atoms with Gasteiger partial charge >= 0.3 is 0 Å². The number of nitrogen functional groups attached to an aromatic ring is 1. The highest BCUT2D eigenvalue weighted by molar-refractivity contribution is 5.67. The van der Waals surface area contributed by atoms with E-state index in [0.29, 0.717) is 5.56 Å². The molecule has 3 heteroatoms. The average molecular weight is 188 g/mol. The third-order valence-corrected chi connectivity index (χ3v) is 2.00. The lowest BCUT2D eigenvalue weighted by atomic mass is 10.1. The molecule has 0 aliphatic rings. The maximum atomic E-state index is 13.5. The van der Waals surface area contributed by atoms with Gasteiger partial charge < -0.3 is 5.73 Å². The predicted octanol–water partition coefficient (Wildman–Crippen LogP) is 2.47. The van der Waals surface area contributed by atoms with Crippen LogP contribution in [-0.2, 0) is 0 Å². The molecule has 0 atom stereocenters. The Balaban J connectivity index is 2.58. The SMILES string of the molecule is Nc1cccc(-c2cccnc2)c1F.